The van der Waals surface area contributed by atoms with Gasteiger partial charge in [-0.15, -0.1) is 0 Å². The van der Waals surface area contributed by atoms with Gasteiger partial charge in [0.05, 0.1) is 6.54 Å². The Hall–Kier alpha value is -1.75. The number of nitrogens with zero attached hydrogens (tertiary/aromatic N) is 1. The molecule has 0 bridgehead atoms. The maximum absolute atomic E-state index is 12.3. The van der Waals surface area contributed by atoms with Gasteiger partial charge in [0, 0.05) is 12.6 Å². The highest BCUT2D eigenvalue weighted by Crippen LogP contribution is 2.31. The third-order valence-electron chi connectivity index (χ3n) is 4.95. The number of carbonyl (C=O) groups excluding carboxylic acids is 1. The van der Waals surface area contributed by atoms with E-state index in [0.717, 1.165) is 17.9 Å². The zero-order chi connectivity index (χ0) is 16.9. The first-order chi connectivity index (χ1) is 11.6. The van der Waals surface area contributed by atoms with Gasteiger partial charge in [-0.05, 0) is 37.9 Å². The summed E-state index contributed by atoms with van der Waals surface area (Å²) in [6.45, 7) is 3.81. The molecule has 1 amide bonds. The number of amides is 1. The quantitative estimate of drug-likeness (QED) is 0.900. The Morgan fingerprint density at radius 2 is 2.00 bits per heavy atom. The van der Waals surface area contributed by atoms with Crippen molar-refractivity contribution < 1.29 is 14.3 Å². The van der Waals surface area contributed by atoms with Crippen LogP contribution < -0.4 is 14.8 Å². The summed E-state index contributed by atoms with van der Waals surface area (Å²) in [5, 5.41) is 3.20. The molecule has 3 atom stereocenters. The lowest BCUT2D eigenvalue weighted by molar-refractivity contribution is -0.123. The van der Waals surface area contributed by atoms with Crippen LogP contribution >= 0.6 is 0 Å². The van der Waals surface area contributed by atoms with Crippen molar-refractivity contribution in [3.63, 3.8) is 0 Å². The number of rotatable bonds is 5. The average molecular weight is 332 g/mol. The highest BCUT2D eigenvalue weighted by atomic mass is 16.6. The summed E-state index contributed by atoms with van der Waals surface area (Å²) in [4.78, 5) is 14.3. The second-order valence-electron chi connectivity index (χ2n) is 7.13. The number of carbonyl (C=O) groups is 1. The summed E-state index contributed by atoms with van der Waals surface area (Å²) in [6.07, 6.45) is 4.78. The summed E-state index contributed by atoms with van der Waals surface area (Å²) in [5.74, 6) is 2.26. The van der Waals surface area contributed by atoms with E-state index in [1.807, 2.05) is 36.2 Å². The van der Waals surface area contributed by atoms with Crippen LogP contribution in [-0.2, 0) is 4.79 Å². The van der Waals surface area contributed by atoms with Gasteiger partial charge in [-0.3, -0.25) is 9.69 Å². The molecule has 132 valence electrons. The van der Waals surface area contributed by atoms with Crippen LogP contribution in [0, 0.1) is 5.92 Å². The van der Waals surface area contributed by atoms with E-state index in [0.29, 0.717) is 31.7 Å². The Kier molecular flexibility index (Phi) is 5.61. The van der Waals surface area contributed by atoms with Crippen LogP contribution in [0.3, 0.4) is 0 Å². The van der Waals surface area contributed by atoms with Gasteiger partial charge in [-0.1, -0.05) is 31.9 Å². The fourth-order valence-corrected chi connectivity index (χ4v) is 3.59. The first-order valence-electron chi connectivity index (χ1n) is 8.98. The summed E-state index contributed by atoms with van der Waals surface area (Å²) >= 11 is 0. The highest BCUT2D eigenvalue weighted by Gasteiger charge is 2.25. The molecule has 24 heavy (non-hydrogen) atoms. The Balaban J connectivity index is 1.44. The van der Waals surface area contributed by atoms with Gasteiger partial charge in [-0.25, -0.2) is 0 Å². The molecule has 0 unspecified atom stereocenters. The largest absolute Gasteiger partial charge is 0.486 e. The molecule has 0 aromatic heterocycles. The molecule has 1 fully saturated rings. The molecular formula is C19H28N2O3. The smallest absolute Gasteiger partial charge is 0.234 e. The molecule has 1 aliphatic heterocycles. The molecule has 1 aliphatic carbocycles. The van der Waals surface area contributed by atoms with Crippen molar-refractivity contribution in [1.82, 2.24) is 10.2 Å². The Bertz CT molecular complexity index is 563. The third kappa shape index (κ3) is 4.41. The van der Waals surface area contributed by atoms with Crippen molar-refractivity contribution in [1.29, 1.82) is 0 Å². The van der Waals surface area contributed by atoms with Crippen molar-refractivity contribution >= 4 is 5.91 Å². The lowest BCUT2D eigenvalue weighted by atomic mass is 9.86. The number of fused-ring (bicyclic) bond motifs is 1. The van der Waals surface area contributed by atoms with Crippen molar-refractivity contribution in [3.05, 3.63) is 24.3 Å². The minimum Gasteiger partial charge on any atom is -0.486 e. The Labute approximate surface area is 144 Å². The Morgan fingerprint density at radius 3 is 2.79 bits per heavy atom. The van der Waals surface area contributed by atoms with Crippen molar-refractivity contribution in [3.8, 4) is 11.5 Å². The number of ether oxygens (including phenoxy) is 2. The van der Waals surface area contributed by atoms with E-state index in [9.17, 15) is 4.79 Å². The van der Waals surface area contributed by atoms with E-state index in [1.54, 1.807) is 0 Å². The molecular weight excluding hydrogens is 304 g/mol. The maximum Gasteiger partial charge on any atom is 0.234 e. The predicted molar refractivity (Wildman–Crippen MR) is 93.4 cm³/mol. The van der Waals surface area contributed by atoms with Crippen LogP contribution in [0.1, 0.15) is 32.6 Å². The van der Waals surface area contributed by atoms with Gasteiger partial charge in [-0.2, -0.15) is 0 Å². The molecule has 1 heterocycles. The van der Waals surface area contributed by atoms with Gasteiger partial charge in [0.1, 0.15) is 12.7 Å². The third-order valence-corrected chi connectivity index (χ3v) is 4.95. The van der Waals surface area contributed by atoms with Gasteiger partial charge < -0.3 is 14.8 Å². The topological polar surface area (TPSA) is 50.8 Å². The van der Waals surface area contributed by atoms with E-state index in [1.165, 1.54) is 19.3 Å². The number of nitrogens with one attached hydrogen (secondary N) is 1. The second kappa shape index (κ2) is 7.88. The molecule has 3 rings (SSSR count). The molecule has 0 radical (unpaired) electrons. The lowest BCUT2D eigenvalue weighted by Gasteiger charge is -2.31. The van der Waals surface area contributed by atoms with E-state index < -0.39 is 0 Å². The normalized spacial score (nSPS) is 26.2. The number of hydrogen-bond acceptors (Lipinski definition) is 4. The number of benzene rings is 1. The molecule has 1 aromatic rings. The van der Waals surface area contributed by atoms with Gasteiger partial charge in [0.2, 0.25) is 5.91 Å². The monoisotopic (exact) mass is 332 g/mol. The molecule has 2 aliphatic rings. The highest BCUT2D eigenvalue weighted by molar-refractivity contribution is 5.78. The van der Waals surface area contributed by atoms with E-state index in [4.69, 9.17) is 9.47 Å². The van der Waals surface area contributed by atoms with Crippen molar-refractivity contribution in [2.45, 2.75) is 44.8 Å². The molecule has 5 nitrogen and oxygen atoms in total. The number of para-hydroxylation sites is 2. The number of likely N-dealkylation sites (N-methyl/N-ethyl adjacent to an activating group) is 1. The minimum atomic E-state index is -0.0497. The molecule has 1 aromatic carbocycles. The number of hydrogen-bond donors (Lipinski definition) is 1. The SMILES string of the molecule is C[C@@H]1CCCC[C@@H]1NC(=O)CN(C)C[C@H]1COc2ccccc2O1. The lowest BCUT2D eigenvalue weighted by Crippen LogP contribution is -2.47. The van der Waals surface area contributed by atoms with E-state index >= 15 is 0 Å². The van der Waals surface area contributed by atoms with Crippen LogP contribution in [0.4, 0.5) is 0 Å². The van der Waals surface area contributed by atoms with Crippen LogP contribution in [-0.4, -0.2) is 49.7 Å². The summed E-state index contributed by atoms with van der Waals surface area (Å²) < 4.78 is 11.7. The van der Waals surface area contributed by atoms with Crippen LogP contribution in [0.15, 0.2) is 24.3 Å². The minimum absolute atomic E-state index is 0.0497. The Morgan fingerprint density at radius 1 is 1.25 bits per heavy atom. The standard InChI is InChI=1S/C19H28N2O3/c1-14-7-3-4-8-16(14)20-19(22)12-21(2)11-15-13-23-17-9-5-6-10-18(17)24-15/h5-6,9-10,14-16H,3-4,7-8,11-13H2,1-2H3,(H,20,22)/t14-,15+,16+/m1/s1. The zero-order valence-corrected chi connectivity index (χ0v) is 14.7. The average Bonchev–Trinajstić information content (AvgIpc) is 2.56. The maximum atomic E-state index is 12.3. The van der Waals surface area contributed by atoms with Crippen molar-refractivity contribution in [2.24, 2.45) is 5.92 Å². The zero-order valence-electron chi connectivity index (χ0n) is 14.7. The summed E-state index contributed by atoms with van der Waals surface area (Å²) in [6, 6.07) is 8.03. The van der Waals surface area contributed by atoms with Gasteiger partial charge >= 0.3 is 0 Å². The molecule has 0 spiro atoms. The van der Waals surface area contributed by atoms with E-state index in [-0.39, 0.29) is 12.0 Å². The fraction of sp³-hybridized carbons (Fsp3) is 0.632. The van der Waals surface area contributed by atoms with Crippen LogP contribution in [0.25, 0.3) is 0 Å². The van der Waals surface area contributed by atoms with Crippen LogP contribution in [0.5, 0.6) is 11.5 Å². The fourth-order valence-electron chi connectivity index (χ4n) is 3.59. The molecule has 1 saturated carbocycles. The molecule has 0 saturated heterocycles. The van der Waals surface area contributed by atoms with E-state index in [2.05, 4.69) is 12.2 Å². The first-order valence-corrected chi connectivity index (χ1v) is 8.98. The van der Waals surface area contributed by atoms with Gasteiger partial charge in [0.25, 0.3) is 0 Å². The summed E-state index contributed by atoms with van der Waals surface area (Å²) in [5.41, 5.74) is 0. The van der Waals surface area contributed by atoms with Gasteiger partial charge in [0.15, 0.2) is 11.5 Å². The summed E-state index contributed by atoms with van der Waals surface area (Å²) in [7, 11) is 1.95. The first kappa shape index (κ1) is 17.1. The molecule has 1 N–H and O–H groups in total. The second-order valence-corrected chi connectivity index (χ2v) is 7.13. The molecule has 5 heteroatoms. The van der Waals surface area contributed by atoms with Crippen LogP contribution in [0.2, 0.25) is 0 Å². The predicted octanol–water partition coefficient (Wildman–Crippen LogP) is 2.45. The van der Waals surface area contributed by atoms with Crippen molar-refractivity contribution in [2.75, 3.05) is 26.7 Å².